The molecular formula is C28H26ClNO3. The highest BCUT2D eigenvalue weighted by Gasteiger charge is 2.17. The predicted molar refractivity (Wildman–Crippen MR) is 136 cm³/mol. The zero-order chi connectivity index (χ0) is 23.2. The van der Waals surface area contributed by atoms with Crippen molar-refractivity contribution in [3.05, 3.63) is 112 Å². The van der Waals surface area contributed by atoms with Crippen LogP contribution in [-0.4, -0.2) is 10.2 Å². The fourth-order valence-electron chi connectivity index (χ4n) is 4.12. The van der Waals surface area contributed by atoms with Crippen LogP contribution in [0.4, 0.5) is 0 Å². The topological polar surface area (TPSA) is 54.5 Å². The fraction of sp³-hybridized carbons (Fsp3) is 0.143. The van der Waals surface area contributed by atoms with Crippen molar-refractivity contribution in [2.45, 2.75) is 26.7 Å². The summed E-state index contributed by atoms with van der Waals surface area (Å²) in [5.41, 5.74) is 8.68. The van der Waals surface area contributed by atoms with Crippen LogP contribution in [-0.2, 0) is 16.3 Å². The molecule has 0 amide bonds. The lowest BCUT2D eigenvalue weighted by molar-refractivity contribution is -0.465. The molecule has 0 saturated carbocycles. The number of H-pyrrole nitrogens is 1. The molecule has 1 aromatic heterocycles. The first kappa shape index (κ1) is 22.9. The number of para-hydroxylation sites is 1. The first-order chi connectivity index (χ1) is 16.1. The van der Waals surface area contributed by atoms with Crippen LogP contribution in [0.2, 0.25) is 5.02 Å². The van der Waals surface area contributed by atoms with Crippen LogP contribution in [0, 0.1) is 0 Å². The third-order valence-electron chi connectivity index (χ3n) is 5.78. The second-order valence-electron chi connectivity index (χ2n) is 7.74. The van der Waals surface area contributed by atoms with E-state index in [1.807, 2.05) is 24.3 Å². The third kappa shape index (κ3) is 5.04. The van der Waals surface area contributed by atoms with Gasteiger partial charge in [-0.25, -0.2) is 5.26 Å². The monoisotopic (exact) mass is 459 g/mol. The van der Waals surface area contributed by atoms with Crippen molar-refractivity contribution >= 4 is 39.7 Å². The number of aromatic nitrogens is 1. The van der Waals surface area contributed by atoms with Crippen molar-refractivity contribution in [1.82, 2.24) is 4.98 Å². The molecule has 0 aliphatic carbocycles. The zero-order valence-electron chi connectivity index (χ0n) is 18.6. The van der Waals surface area contributed by atoms with Crippen molar-refractivity contribution < 1.29 is 15.2 Å². The lowest BCUT2D eigenvalue weighted by atomic mass is 9.90. The molecule has 0 radical (unpaired) electrons. The van der Waals surface area contributed by atoms with Crippen molar-refractivity contribution in [2.24, 2.45) is 0 Å². The van der Waals surface area contributed by atoms with Gasteiger partial charge in [0.2, 0.25) is 0 Å². The molecule has 0 aliphatic heterocycles. The van der Waals surface area contributed by atoms with Crippen LogP contribution in [0.3, 0.4) is 0 Å². The van der Waals surface area contributed by atoms with Gasteiger partial charge in [-0.05, 0) is 70.0 Å². The molecule has 0 spiro atoms. The summed E-state index contributed by atoms with van der Waals surface area (Å²) in [5, 5.41) is 13.9. The van der Waals surface area contributed by atoms with E-state index >= 15 is 0 Å². The van der Waals surface area contributed by atoms with Crippen LogP contribution in [0.15, 0.2) is 79.1 Å². The summed E-state index contributed by atoms with van der Waals surface area (Å²) in [4.78, 5) is 8.01. The molecule has 168 valence electrons. The maximum Gasteiger partial charge on any atom is 0.133 e. The summed E-state index contributed by atoms with van der Waals surface area (Å²) in [5.74, 6) is 0. The number of nitrogens with one attached hydrogen (secondary N) is 1. The minimum atomic E-state index is 0.764. The van der Waals surface area contributed by atoms with Crippen LogP contribution in [0.5, 0.6) is 0 Å². The molecule has 0 atom stereocenters. The van der Waals surface area contributed by atoms with E-state index in [1.54, 1.807) is 6.08 Å². The largest absolute Gasteiger partial charge is 0.355 e. The Balaban J connectivity index is 1.90. The summed E-state index contributed by atoms with van der Waals surface area (Å²) in [6.45, 7) is 4.29. The predicted octanol–water partition coefficient (Wildman–Crippen LogP) is 8.14. The fourth-order valence-corrected chi connectivity index (χ4v) is 4.43. The summed E-state index contributed by atoms with van der Waals surface area (Å²) in [7, 11) is 0. The minimum absolute atomic E-state index is 0.764. The quantitative estimate of drug-likeness (QED) is 0.121. The average Bonchev–Trinajstić information content (AvgIpc) is 3.27. The molecule has 0 fully saturated rings. The first-order valence-corrected chi connectivity index (χ1v) is 11.4. The smallest absolute Gasteiger partial charge is 0.133 e. The van der Waals surface area contributed by atoms with Gasteiger partial charge >= 0.3 is 0 Å². The van der Waals surface area contributed by atoms with Crippen molar-refractivity contribution in [3.63, 3.8) is 0 Å². The average molecular weight is 460 g/mol. The van der Waals surface area contributed by atoms with E-state index in [1.165, 1.54) is 17.4 Å². The van der Waals surface area contributed by atoms with Crippen LogP contribution in [0.25, 0.3) is 28.1 Å². The van der Waals surface area contributed by atoms with Gasteiger partial charge < -0.3 is 9.87 Å². The molecule has 0 bridgehead atoms. The SMILES string of the molecule is CC/C(=C(/c1ccc(/C=C/OOO)cc1)c1cc2ccccc2[nH]1)c1ccc(CC)cc1Cl. The number of benzene rings is 3. The Bertz CT molecular complexity index is 1270. The number of aryl methyl sites for hydroxylation is 1. The number of fused-ring (bicyclic) bond motifs is 1. The molecular weight excluding hydrogens is 434 g/mol. The minimum Gasteiger partial charge on any atom is -0.355 e. The molecule has 4 rings (SSSR count). The molecule has 0 unspecified atom stereocenters. The van der Waals surface area contributed by atoms with E-state index < -0.39 is 0 Å². The van der Waals surface area contributed by atoms with E-state index in [-0.39, 0.29) is 0 Å². The molecule has 5 heteroatoms. The maximum absolute atomic E-state index is 8.31. The van der Waals surface area contributed by atoms with Gasteiger partial charge in [0.15, 0.2) is 0 Å². The van der Waals surface area contributed by atoms with E-state index in [4.69, 9.17) is 16.9 Å². The zero-order valence-corrected chi connectivity index (χ0v) is 19.4. The van der Waals surface area contributed by atoms with Gasteiger partial charge in [-0.2, -0.15) is 0 Å². The summed E-state index contributed by atoms with van der Waals surface area (Å²) in [6, 6.07) is 24.9. The first-order valence-electron chi connectivity index (χ1n) is 11.0. The van der Waals surface area contributed by atoms with Gasteiger partial charge in [-0.3, -0.25) is 0 Å². The highest BCUT2D eigenvalue weighted by Crippen LogP contribution is 2.38. The van der Waals surface area contributed by atoms with Crippen molar-refractivity contribution in [1.29, 1.82) is 0 Å². The van der Waals surface area contributed by atoms with Gasteiger partial charge in [0.25, 0.3) is 0 Å². The molecule has 4 aromatic rings. The Morgan fingerprint density at radius 3 is 2.45 bits per heavy atom. The van der Waals surface area contributed by atoms with Crippen LogP contribution < -0.4 is 0 Å². The maximum atomic E-state index is 8.31. The molecule has 1 heterocycles. The van der Waals surface area contributed by atoms with Gasteiger partial charge in [0, 0.05) is 27.2 Å². The number of hydrogen-bond donors (Lipinski definition) is 2. The molecule has 2 N–H and O–H groups in total. The lowest BCUT2D eigenvalue weighted by Gasteiger charge is -2.17. The molecule has 0 aliphatic rings. The number of aromatic amines is 1. The van der Waals surface area contributed by atoms with E-state index in [0.29, 0.717) is 0 Å². The van der Waals surface area contributed by atoms with Gasteiger partial charge in [0.05, 0.1) is 0 Å². The lowest BCUT2D eigenvalue weighted by Crippen LogP contribution is -1.97. The Morgan fingerprint density at radius 1 is 1.00 bits per heavy atom. The number of halogens is 1. The summed E-state index contributed by atoms with van der Waals surface area (Å²) in [6.07, 6.45) is 4.74. The molecule has 0 saturated heterocycles. The van der Waals surface area contributed by atoms with E-state index in [9.17, 15) is 0 Å². The summed E-state index contributed by atoms with van der Waals surface area (Å²) < 4.78 is 0. The Labute approximate surface area is 198 Å². The highest BCUT2D eigenvalue weighted by atomic mass is 35.5. The Morgan fingerprint density at radius 2 is 1.79 bits per heavy atom. The van der Waals surface area contributed by atoms with Gasteiger partial charge in [-0.15, -0.1) is 0 Å². The number of hydrogen-bond acceptors (Lipinski definition) is 3. The Kier molecular flexibility index (Phi) is 7.30. The van der Waals surface area contributed by atoms with Crippen molar-refractivity contribution in [3.8, 4) is 0 Å². The van der Waals surface area contributed by atoms with Crippen LogP contribution >= 0.6 is 11.6 Å². The highest BCUT2D eigenvalue weighted by molar-refractivity contribution is 6.32. The van der Waals surface area contributed by atoms with E-state index in [2.05, 4.69) is 77.3 Å². The van der Waals surface area contributed by atoms with Gasteiger partial charge in [-0.1, -0.05) is 80.0 Å². The Hall–Kier alpha value is -3.31. The summed E-state index contributed by atoms with van der Waals surface area (Å²) >= 11 is 6.78. The standard InChI is InChI=1S/C28H26ClNO3/c1-3-19-11-14-24(25(29)17-19)23(4-2)28(27-18-22-7-5-6-8-26(22)30-27)21-12-9-20(10-13-21)15-16-32-33-31/h5-18,30-31H,3-4H2,1-2H3/b16-15+,28-23+. The molecule has 3 aromatic carbocycles. The van der Waals surface area contributed by atoms with Crippen molar-refractivity contribution in [2.75, 3.05) is 0 Å². The molecule has 33 heavy (non-hydrogen) atoms. The normalized spacial score (nSPS) is 12.4. The number of allylic oxidation sites excluding steroid dienone is 1. The van der Waals surface area contributed by atoms with Gasteiger partial charge in [0.1, 0.15) is 6.26 Å². The number of rotatable bonds is 8. The second-order valence-corrected chi connectivity index (χ2v) is 8.15. The van der Waals surface area contributed by atoms with E-state index in [0.717, 1.165) is 56.7 Å². The second kappa shape index (κ2) is 10.5. The molecule has 4 nitrogen and oxygen atoms in total. The van der Waals surface area contributed by atoms with Crippen LogP contribution in [0.1, 0.15) is 48.2 Å². The third-order valence-corrected chi connectivity index (χ3v) is 6.09.